The highest BCUT2D eigenvalue weighted by atomic mass is 35.5. The molecule has 4 atom stereocenters. The zero-order chi connectivity index (χ0) is 14.3. The highest BCUT2D eigenvalue weighted by Crippen LogP contribution is 2.33. The van der Waals surface area contributed by atoms with Crippen LogP contribution in [-0.4, -0.2) is 32.0 Å². The van der Waals surface area contributed by atoms with Crippen LogP contribution >= 0.6 is 11.6 Å². The van der Waals surface area contributed by atoms with Gasteiger partial charge >= 0.3 is 0 Å². The number of nitrogens with one attached hydrogen (secondary N) is 1. The SMILES string of the molecule is Cc1ccc(S(=O)(=O)OC2CC3CC(Cl)CC2N3)cc1. The van der Waals surface area contributed by atoms with Crippen LogP contribution in [0.2, 0.25) is 0 Å². The van der Waals surface area contributed by atoms with Gasteiger partial charge in [0, 0.05) is 17.5 Å². The van der Waals surface area contributed by atoms with Gasteiger partial charge in [0.1, 0.15) is 0 Å². The first kappa shape index (κ1) is 14.3. The first-order chi connectivity index (χ1) is 9.44. The van der Waals surface area contributed by atoms with Crippen LogP contribution in [0.3, 0.4) is 0 Å². The number of halogens is 1. The minimum Gasteiger partial charge on any atom is -0.308 e. The molecular weight excluding hydrogens is 298 g/mol. The molecule has 2 heterocycles. The number of aryl methyl sites for hydroxylation is 1. The van der Waals surface area contributed by atoms with Crippen molar-refractivity contribution < 1.29 is 12.6 Å². The highest BCUT2D eigenvalue weighted by Gasteiger charge is 2.42. The maximum absolute atomic E-state index is 12.3. The number of piperidine rings is 1. The molecule has 4 nitrogen and oxygen atoms in total. The van der Waals surface area contributed by atoms with E-state index in [1.54, 1.807) is 24.3 Å². The van der Waals surface area contributed by atoms with Gasteiger partial charge in [0.2, 0.25) is 0 Å². The largest absolute Gasteiger partial charge is 0.308 e. The van der Waals surface area contributed by atoms with Crippen LogP contribution in [0.25, 0.3) is 0 Å². The second-order valence-corrected chi connectivity index (χ2v) is 7.87. The van der Waals surface area contributed by atoms with Gasteiger partial charge in [-0.3, -0.25) is 4.18 Å². The second kappa shape index (κ2) is 5.30. The topological polar surface area (TPSA) is 55.4 Å². The summed E-state index contributed by atoms with van der Waals surface area (Å²) in [5, 5.41) is 3.49. The Morgan fingerprint density at radius 3 is 2.60 bits per heavy atom. The summed E-state index contributed by atoms with van der Waals surface area (Å²) in [6.45, 7) is 1.92. The Bertz CT molecular complexity index is 587. The third kappa shape index (κ3) is 2.86. The Labute approximate surface area is 124 Å². The van der Waals surface area contributed by atoms with Crippen molar-refractivity contribution in [3.8, 4) is 0 Å². The number of benzene rings is 1. The molecule has 0 aromatic heterocycles. The lowest BCUT2D eigenvalue weighted by Gasteiger charge is -2.26. The van der Waals surface area contributed by atoms with Gasteiger partial charge in [-0.05, 0) is 38.3 Å². The van der Waals surface area contributed by atoms with Crippen molar-refractivity contribution in [1.29, 1.82) is 0 Å². The summed E-state index contributed by atoms with van der Waals surface area (Å²) in [4.78, 5) is 0.215. The van der Waals surface area contributed by atoms with Crippen molar-refractivity contribution in [3.05, 3.63) is 29.8 Å². The van der Waals surface area contributed by atoms with E-state index in [1.807, 2.05) is 6.92 Å². The minimum absolute atomic E-state index is 0.0384. The van der Waals surface area contributed by atoms with Gasteiger partial charge in [-0.25, -0.2) is 0 Å². The molecule has 0 spiro atoms. The van der Waals surface area contributed by atoms with E-state index < -0.39 is 10.1 Å². The molecule has 110 valence electrons. The number of alkyl halides is 1. The standard InChI is InChI=1S/C14H18ClNO3S/c1-9-2-4-12(5-3-9)20(17,18)19-14-8-11-6-10(15)7-13(14)16-11/h2-5,10-11,13-14,16H,6-8H2,1H3. The molecule has 0 saturated carbocycles. The van der Waals surface area contributed by atoms with Gasteiger partial charge in [-0.2, -0.15) is 8.42 Å². The van der Waals surface area contributed by atoms with Gasteiger partial charge < -0.3 is 5.32 Å². The lowest BCUT2D eigenvalue weighted by molar-refractivity contribution is 0.189. The van der Waals surface area contributed by atoms with E-state index in [2.05, 4.69) is 5.32 Å². The third-order valence-electron chi connectivity index (χ3n) is 4.03. The van der Waals surface area contributed by atoms with Gasteiger partial charge in [-0.1, -0.05) is 17.7 Å². The Kier molecular flexibility index (Phi) is 3.79. The molecule has 0 aliphatic carbocycles. The van der Waals surface area contributed by atoms with E-state index >= 15 is 0 Å². The Morgan fingerprint density at radius 2 is 1.90 bits per heavy atom. The van der Waals surface area contributed by atoms with Crippen molar-refractivity contribution >= 4 is 21.7 Å². The fraction of sp³-hybridized carbons (Fsp3) is 0.571. The maximum atomic E-state index is 12.3. The molecule has 1 aromatic carbocycles. The molecule has 6 heteroatoms. The van der Waals surface area contributed by atoms with Crippen LogP contribution in [0.1, 0.15) is 24.8 Å². The highest BCUT2D eigenvalue weighted by molar-refractivity contribution is 7.86. The van der Waals surface area contributed by atoms with Crippen molar-refractivity contribution in [2.24, 2.45) is 0 Å². The normalized spacial score (nSPS) is 33.3. The van der Waals surface area contributed by atoms with Gasteiger partial charge in [0.25, 0.3) is 10.1 Å². The molecule has 2 saturated heterocycles. The van der Waals surface area contributed by atoms with Gasteiger partial charge in [0.05, 0.1) is 11.0 Å². The van der Waals surface area contributed by atoms with Crippen molar-refractivity contribution in [3.63, 3.8) is 0 Å². The average molecular weight is 316 g/mol. The molecule has 4 unspecified atom stereocenters. The van der Waals surface area contributed by atoms with E-state index in [0.717, 1.165) is 18.4 Å². The minimum atomic E-state index is -3.70. The summed E-state index contributed by atoms with van der Waals surface area (Å²) >= 11 is 6.17. The molecular formula is C14H18ClNO3S. The summed E-state index contributed by atoms with van der Waals surface area (Å²) in [6, 6.07) is 7.03. The zero-order valence-electron chi connectivity index (χ0n) is 11.3. The summed E-state index contributed by atoms with van der Waals surface area (Å²) in [5.74, 6) is 0. The quantitative estimate of drug-likeness (QED) is 0.686. The molecule has 2 bridgehead atoms. The monoisotopic (exact) mass is 315 g/mol. The summed E-state index contributed by atoms with van der Waals surface area (Å²) in [6.07, 6.45) is 2.03. The summed E-state index contributed by atoms with van der Waals surface area (Å²) < 4.78 is 30.0. The van der Waals surface area contributed by atoms with E-state index in [1.165, 1.54) is 0 Å². The number of hydrogen-bond donors (Lipinski definition) is 1. The molecule has 3 rings (SSSR count). The fourth-order valence-electron chi connectivity index (χ4n) is 3.02. The molecule has 2 aliphatic rings. The van der Waals surface area contributed by atoms with Crippen LogP contribution < -0.4 is 5.32 Å². The van der Waals surface area contributed by atoms with Crippen LogP contribution in [0, 0.1) is 6.92 Å². The fourth-order valence-corrected chi connectivity index (χ4v) is 4.54. The van der Waals surface area contributed by atoms with E-state index in [-0.39, 0.29) is 28.5 Å². The molecule has 1 N–H and O–H groups in total. The first-order valence-corrected chi connectivity index (χ1v) is 8.68. The lowest BCUT2D eigenvalue weighted by atomic mass is 10.1. The van der Waals surface area contributed by atoms with Gasteiger partial charge in [0.15, 0.2) is 0 Å². The van der Waals surface area contributed by atoms with Crippen LogP contribution in [0.5, 0.6) is 0 Å². The Hall–Kier alpha value is -0.620. The van der Waals surface area contributed by atoms with Crippen LogP contribution in [0.4, 0.5) is 0 Å². The van der Waals surface area contributed by atoms with E-state index in [0.29, 0.717) is 6.42 Å². The Morgan fingerprint density at radius 1 is 1.20 bits per heavy atom. The smallest absolute Gasteiger partial charge is 0.297 e. The molecule has 2 fully saturated rings. The number of hydrogen-bond acceptors (Lipinski definition) is 4. The zero-order valence-corrected chi connectivity index (χ0v) is 12.8. The number of fused-ring (bicyclic) bond motifs is 2. The summed E-state index contributed by atoms with van der Waals surface area (Å²) in [5.41, 5.74) is 1.02. The molecule has 1 aromatic rings. The van der Waals surface area contributed by atoms with Gasteiger partial charge in [-0.15, -0.1) is 11.6 Å². The van der Waals surface area contributed by atoms with Crippen LogP contribution in [0.15, 0.2) is 29.2 Å². The van der Waals surface area contributed by atoms with Crippen molar-refractivity contribution in [1.82, 2.24) is 5.32 Å². The Balaban J connectivity index is 1.75. The lowest BCUT2D eigenvalue weighted by Crippen LogP contribution is -2.42. The first-order valence-electron chi connectivity index (χ1n) is 6.84. The average Bonchev–Trinajstić information content (AvgIpc) is 2.64. The molecule has 0 radical (unpaired) electrons. The molecule has 20 heavy (non-hydrogen) atoms. The van der Waals surface area contributed by atoms with Crippen molar-refractivity contribution in [2.45, 2.75) is 54.6 Å². The summed E-state index contributed by atoms with van der Waals surface area (Å²) in [7, 11) is -3.70. The van der Waals surface area contributed by atoms with E-state index in [4.69, 9.17) is 15.8 Å². The maximum Gasteiger partial charge on any atom is 0.297 e. The molecule has 2 aliphatic heterocycles. The van der Waals surface area contributed by atoms with E-state index in [9.17, 15) is 8.42 Å². The predicted molar refractivity (Wildman–Crippen MR) is 77.4 cm³/mol. The second-order valence-electron chi connectivity index (χ2n) is 5.68. The molecule has 0 amide bonds. The van der Waals surface area contributed by atoms with Crippen LogP contribution in [-0.2, 0) is 14.3 Å². The number of rotatable bonds is 3. The van der Waals surface area contributed by atoms with Crippen molar-refractivity contribution in [2.75, 3.05) is 0 Å². The third-order valence-corrected chi connectivity index (χ3v) is 5.73. The predicted octanol–water partition coefficient (Wildman–Crippen LogP) is 2.20.